The Morgan fingerprint density at radius 2 is 2.11 bits per heavy atom. The highest BCUT2D eigenvalue weighted by Crippen LogP contribution is 2.32. The van der Waals surface area contributed by atoms with Gasteiger partial charge in [-0.3, -0.25) is 4.79 Å². The molecule has 2 aromatic rings. The van der Waals surface area contributed by atoms with Crippen molar-refractivity contribution in [3.63, 3.8) is 0 Å². The van der Waals surface area contributed by atoms with E-state index in [4.69, 9.17) is 4.42 Å². The molecule has 0 atom stereocenters. The molecule has 0 bridgehead atoms. The molecule has 4 nitrogen and oxygen atoms in total. The highest BCUT2D eigenvalue weighted by Gasteiger charge is 2.24. The first-order valence-corrected chi connectivity index (χ1v) is 6.60. The first-order valence-electron chi connectivity index (χ1n) is 6.60. The fraction of sp³-hybridized carbons (Fsp3) is 0.400. The van der Waals surface area contributed by atoms with E-state index in [9.17, 15) is 9.90 Å². The second-order valence-electron chi connectivity index (χ2n) is 5.22. The summed E-state index contributed by atoms with van der Waals surface area (Å²) in [4.78, 5) is 12.3. The highest BCUT2D eigenvalue weighted by molar-refractivity contribution is 6.08. The summed E-state index contributed by atoms with van der Waals surface area (Å²) in [6.45, 7) is 3.57. The largest absolute Gasteiger partial charge is 0.508 e. The zero-order chi connectivity index (χ0) is 13.6. The standard InChI is InChI=1S/C15H17NO3/c1-8-12(17)7-6-11-13(9(2)19-14(8)11)15(18)16-10-4-3-5-10/h6-7,10,17H,3-5H2,1-2H3,(H,16,18). The third-order valence-electron chi connectivity index (χ3n) is 3.92. The minimum absolute atomic E-state index is 0.0777. The monoisotopic (exact) mass is 259 g/mol. The molecular formula is C15H17NO3. The minimum Gasteiger partial charge on any atom is -0.508 e. The molecule has 1 heterocycles. The van der Waals surface area contributed by atoms with Gasteiger partial charge in [0.15, 0.2) is 0 Å². The topological polar surface area (TPSA) is 62.5 Å². The number of phenolic OH excluding ortho intramolecular Hbond substituents is 1. The highest BCUT2D eigenvalue weighted by atomic mass is 16.3. The van der Waals surface area contributed by atoms with E-state index in [1.165, 1.54) is 6.42 Å². The average molecular weight is 259 g/mol. The number of carbonyl (C=O) groups excluding carboxylic acids is 1. The Morgan fingerprint density at radius 3 is 2.74 bits per heavy atom. The summed E-state index contributed by atoms with van der Waals surface area (Å²) in [6.07, 6.45) is 3.30. The fourth-order valence-corrected chi connectivity index (χ4v) is 2.50. The van der Waals surface area contributed by atoms with Crippen LogP contribution in [0.3, 0.4) is 0 Å². The van der Waals surface area contributed by atoms with Gasteiger partial charge in [0.1, 0.15) is 17.1 Å². The van der Waals surface area contributed by atoms with Crippen LogP contribution in [-0.2, 0) is 0 Å². The Labute approximate surface area is 111 Å². The summed E-state index contributed by atoms with van der Waals surface area (Å²) in [5.41, 5.74) is 1.85. The molecular weight excluding hydrogens is 242 g/mol. The lowest BCUT2D eigenvalue weighted by Crippen LogP contribution is -2.39. The number of carbonyl (C=O) groups is 1. The molecule has 1 aromatic carbocycles. The molecule has 3 rings (SSSR count). The third-order valence-corrected chi connectivity index (χ3v) is 3.92. The van der Waals surface area contributed by atoms with E-state index in [0.29, 0.717) is 28.5 Å². The molecule has 0 saturated heterocycles. The lowest BCUT2D eigenvalue weighted by atomic mass is 9.93. The molecule has 1 aliphatic carbocycles. The maximum atomic E-state index is 12.3. The van der Waals surface area contributed by atoms with Crippen LogP contribution in [0.15, 0.2) is 16.5 Å². The number of amides is 1. The van der Waals surface area contributed by atoms with Gasteiger partial charge in [-0.05, 0) is 45.2 Å². The van der Waals surface area contributed by atoms with E-state index in [-0.39, 0.29) is 11.7 Å². The van der Waals surface area contributed by atoms with Crippen LogP contribution in [0, 0.1) is 13.8 Å². The zero-order valence-electron chi connectivity index (χ0n) is 11.1. The number of benzene rings is 1. The maximum absolute atomic E-state index is 12.3. The van der Waals surface area contributed by atoms with Crippen LogP contribution in [0.5, 0.6) is 5.75 Å². The number of nitrogens with one attached hydrogen (secondary N) is 1. The Kier molecular flexibility index (Phi) is 2.73. The Hall–Kier alpha value is -1.97. The van der Waals surface area contributed by atoms with Gasteiger partial charge >= 0.3 is 0 Å². The van der Waals surface area contributed by atoms with Crippen molar-refractivity contribution in [2.24, 2.45) is 0 Å². The summed E-state index contributed by atoms with van der Waals surface area (Å²) in [5.74, 6) is 0.707. The van der Waals surface area contributed by atoms with Crippen molar-refractivity contribution in [1.82, 2.24) is 5.32 Å². The van der Waals surface area contributed by atoms with Crippen molar-refractivity contribution in [2.45, 2.75) is 39.2 Å². The number of phenols is 1. The number of aromatic hydroxyl groups is 1. The Bertz CT molecular complexity index is 653. The van der Waals surface area contributed by atoms with E-state index in [2.05, 4.69) is 5.32 Å². The van der Waals surface area contributed by atoms with Crippen molar-refractivity contribution >= 4 is 16.9 Å². The minimum atomic E-state index is -0.0777. The predicted molar refractivity (Wildman–Crippen MR) is 72.5 cm³/mol. The number of hydrogen-bond acceptors (Lipinski definition) is 3. The first kappa shape index (κ1) is 12.1. The van der Waals surface area contributed by atoms with Gasteiger partial charge in [0, 0.05) is 17.0 Å². The molecule has 0 unspecified atom stereocenters. The Balaban J connectivity index is 2.05. The fourth-order valence-electron chi connectivity index (χ4n) is 2.50. The number of hydrogen-bond donors (Lipinski definition) is 2. The second kappa shape index (κ2) is 4.30. The van der Waals surface area contributed by atoms with Crippen molar-refractivity contribution in [1.29, 1.82) is 0 Å². The van der Waals surface area contributed by atoms with Gasteiger partial charge in [-0.25, -0.2) is 0 Å². The number of fused-ring (bicyclic) bond motifs is 1. The molecule has 0 radical (unpaired) electrons. The molecule has 1 fully saturated rings. The molecule has 1 aromatic heterocycles. The summed E-state index contributed by atoms with van der Waals surface area (Å²) < 4.78 is 5.64. The predicted octanol–water partition coefficient (Wildman–Crippen LogP) is 3.04. The van der Waals surface area contributed by atoms with Crippen LogP contribution >= 0.6 is 0 Å². The molecule has 0 spiro atoms. The van der Waals surface area contributed by atoms with Crippen molar-refractivity contribution in [3.05, 3.63) is 29.0 Å². The van der Waals surface area contributed by atoms with Crippen molar-refractivity contribution < 1.29 is 14.3 Å². The van der Waals surface area contributed by atoms with Crippen LogP contribution in [0.2, 0.25) is 0 Å². The van der Waals surface area contributed by atoms with Gasteiger partial charge in [0.05, 0.1) is 5.56 Å². The molecule has 4 heteroatoms. The number of furan rings is 1. The lowest BCUT2D eigenvalue weighted by Gasteiger charge is -2.26. The molecule has 2 N–H and O–H groups in total. The quantitative estimate of drug-likeness (QED) is 0.871. The van der Waals surface area contributed by atoms with Crippen molar-refractivity contribution in [3.8, 4) is 5.75 Å². The van der Waals surface area contributed by atoms with E-state index in [1.54, 1.807) is 26.0 Å². The third kappa shape index (κ3) is 1.87. The molecule has 19 heavy (non-hydrogen) atoms. The van der Waals surface area contributed by atoms with Gasteiger partial charge in [0.2, 0.25) is 0 Å². The number of aryl methyl sites for hydroxylation is 2. The van der Waals surface area contributed by atoms with Crippen LogP contribution in [0.25, 0.3) is 11.0 Å². The molecule has 1 aliphatic rings. The molecule has 1 amide bonds. The second-order valence-corrected chi connectivity index (χ2v) is 5.22. The van der Waals surface area contributed by atoms with Crippen LogP contribution in [0.1, 0.15) is 40.9 Å². The summed E-state index contributed by atoms with van der Waals surface area (Å²) in [6, 6.07) is 3.64. The molecule has 1 saturated carbocycles. The van der Waals surface area contributed by atoms with Gasteiger partial charge in [-0.15, -0.1) is 0 Å². The smallest absolute Gasteiger partial charge is 0.255 e. The van der Waals surface area contributed by atoms with Gasteiger partial charge in [0.25, 0.3) is 5.91 Å². The average Bonchev–Trinajstić information content (AvgIpc) is 2.66. The zero-order valence-corrected chi connectivity index (χ0v) is 11.1. The number of rotatable bonds is 2. The Morgan fingerprint density at radius 1 is 1.37 bits per heavy atom. The van der Waals surface area contributed by atoms with Crippen LogP contribution in [0.4, 0.5) is 0 Å². The first-order chi connectivity index (χ1) is 9.08. The van der Waals surface area contributed by atoms with Crippen molar-refractivity contribution in [2.75, 3.05) is 0 Å². The van der Waals surface area contributed by atoms with Gasteiger partial charge in [-0.2, -0.15) is 0 Å². The van der Waals surface area contributed by atoms with Crippen LogP contribution < -0.4 is 5.32 Å². The molecule has 100 valence electrons. The maximum Gasteiger partial charge on any atom is 0.255 e. The van der Waals surface area contributed by atoms with Crippen LogP contribution in [-0.4, -0.2) is 17.1 Å². The van der Waals surface area contributed by atoms with Gasteiger partial charge < -0.3 is 14.8 Å². The normalized spacial score (nSPS) is 15.5. The van der Waals surface area contributed by atoms with E-state index in [0.717, 1.165) is 18.2 Å². The van der Waals surface area contributed by atoms with Gasteiger partial charge in [-0.1, -0.05) is 0 Å². The van der Waals surface area contributed by atoms with E-state index < -0.39 is 0 Å². The lowest BCUT2D eigenvalue weighted by molar-refractivity contribution is 0.0917. The summed E-state index contributed by atoms with van der Waals surface area (Å²) >= 11 is 0. The summed E-state index contributed by atoms with van der Waals surface area (Å²) in [7, 11) is 0. The summed E-state index contributed by atoms with van der Waals surface area (Å²) in [5, 5.41) is 13.5. The molecule has 0 aliphatic heterocycles. The van der Waals surface area contributed by atoms with E-state index >= 15 is 0 Å². The van der Waals surface area contributed by atoms with E-state index in [1.807, 2.05) is 0 Å². The SMILES string of the molecule is Cc1oc2c(C)c(O)ccc2c1C(=O)NC1CCC1.